The van der Waals surface area contributed by atoms with Crippen LogP contribution in [0.2, 0.25) is 10.0 Å². The van der Waals surface area contributed by atoms with Crippen molar-refractivity contribution in [2.45, 2.75) is 50.4 Å². The van der Waals surface area contributed by atoms with Crippen LogP contribution in [0, 0.1) is 5.92 Å². The topological polar surface area (TPSA) is 53.0 Å². The number of likely N-dealkylation sites (tertiary alicyclic amines) is 2. The first-order valence-corrected chi connectivity index (χ1v) is 13.3. The summed E-state index contributed by atoms with van der Waals surface area (Å²) in [7, 11) is 0. The lowest BCUT2D eigenvalue weighted by Gasteiger charge is -2.39. The van der Waals surface area contributed by atoms with Gasteiger partial charge in [0.05, 0.1) is 15.6 Å². The summed E-state index contributed by atoms with van der Waals surface area (Å²) in [5, 5.41) is 10.8. The first-order chi connectivity index (χ1) is 17.6. The molecule has 0 amide bonds. The van der Waals surface area contributed by atoms with Crippen molar-refractivity contribution in [2.24, 2.45) is 5.92 Å². The van der Waals surface area contributed by atoms with Crippen molar-refractivity contribution in [3.8, 4) is 5.75 Å². The normalized spacial score (nSPS) is 19.6. The van der Waals surface area contributed by atoms with Crippen LogP contribution in [0.5, 0.6) is 5.75 Å². The Hall–Kier alpha value is -2.00. The van der Waals surface area contributed by atoms with Gasteiger partial charge >= 0.3 is 12.1 Å². The summed E-state index contributed by atoms with van der Waals surface area (Å²) in [6, 6.07) is 9.55. The van der Waals surface area contributed by atoms with Crippen LogP contribution in [0.3, 0.4) is 0 Å². The Bertz CT molecular complexity index is 1070. The molecule has 4 rings (SSSR count). The van der Waals surface area contributed by atoms with Crippen molar-refractivity contribution in [2.75, 3.05) is 32.7 Å². The number of hydrogen-bond donors (Lipinski definition) is 1. The zero-order chi connectivity index (χ0) is 26.6. The summed E-state index contributed by atoms with van der Waals surface area (Å²) < 4.78 is 46.3. The highest BCUT2D eigenvalue weighted by Crippen LogP contribution is 2.33. The minimum Gasteiger partial charge on any atom is -0.490 e. The molecule has 0 aliphatic carbocycles. The van der Waals surface area contributed by atoms with Crippen molar-refractivity contribution < 1.29 is 27.8 Å². The minimum absolute atomic E-state index is 0.0236. The highest BCUT2D eigenvalue weighted by atomic mass is 35.5. The quantitative estimate of drug-likeness (QED) is 0.414. The van der Waals surface area contributed by atoms with Crippen LogP contribution in [-0.4, -0.2) is 65.7 Å². The van der Waals surface area contributed by atoms with Gasteiger partial charge in [-0.2, -0.15) is 13.2 Å². The van der Waals surface area contributed by atoms with Gasteiger partial charge < -0.3 is 14.7 Å². The number of nitrogens with zero attached hydrogens (tertiary/aromatic N) is 2. The van der Waals surface area contributed by atoms with Gasteiger partial charge in [0.25, 0.3) is 0 Å². The maximum absolute atomic E-state index is 13.4. The number of carboxylic acids is 1. The molecular formula is C27H31Cl2F3N2O3. The fraction of sp³-hybridized carbons (Fsp3) is 0.519. The maximum atomic E-state index is 13.4. The number of piperidine rings is 2. The Kier molecular flexibility index (Phi) is 9.27. The Balaban J connectivity index is 1.25. The van der Waals surface area contributed by atoms with E-state index in [0.717, 1.165) is 51.4 Å². The van der Waals surface area contributed by atoms with Crippen molar-refractivity contribution in [1.82, 2.24) is 9.80 Å². The van der Waals surface area contributed by atoms with E-state index in [0.29, 0.717) is 34.8 Å². The zero-order valence-electron chi connectivity index (χ0n) is 20.4. The third-order valence-corrected chi connectivity index (χ3v) is 8.09. The SMILES string of the molecule is O=C(O)[C@H](Cc1ccccc1C(F)(F)F)N1CCC(CN2CCC(Oc3ccc(Cl)c(Cl)c3)CC2)CC1. The van der Waals surface area contributed by atoms with Gasteiger partial charge in [0.1, 0.15) is 17.9 Å². The number of hydrogen-bond acceptors (Lipinski definition) is 4. The Morgan fingerprint density at radius 3 is 2.30 bits per heavy atom. The molecule has 1 N–H and O–H groups in total. The third kappa shape index (κ3) is 7.53. The molecule has 2 aromatic rings. The van der Waals surface area contributed by atoms with E-state index >= 15 is 0 Å². The summed E-state index contributed by atoms with van der Waals surface area (Å²) in [5.74, 6) is 0.0613. The standard InChI is InChI=1S/C27H31Cl2F3N2O3/c28-23-6-5-21(16-24(23)29)37-20-9-11-33(12-10-20)17-18-7-13-34(14-8-18)25(26(35)36)15-19-3-1-2-4-22(19)27(30,31)32/h1-6,16,18,20,25H,7-15,17H2,(H,35,36)/t25-/m0/s1. The van der Waals surface area contributed by atoms with Crippen LogP contribution in [0.4, 0.5) is 13.2 Å². The van der Waals surface area contributed by atoms with Gasteiger partial charge in [0.2, 0.25) is 0 Å². The fourth-order valence-electron chi connectivity index (χ4n) is 5.32. The Morgan fingerprint density at radius 2 is 1.68 bits per heavy atom. The fourth-order valence-corrected chi connectivity index (χ4v) is 5.61. The van der Waals surface area contributed by atoms with Crippen LogP contribution >= 0.6 is 23.2 Å². The second-order valence-electron chi connectivity index (χ2n) is 9.89. The molecule has 0 unspecified atom stereocenters. The van der Waals surface area contributed by atoms with Crippen LogP contribution in [-0.2, 0) is 17.4 Å². The van der Waals surface area contributed by atoms with Gasteiger partial charge in [-0.3, -0.25) is 9.69 Å². The highest BCUT2D eigenvalue weighted by Gasteiger charge is 2.36. The third-order valence-electron chi connectivity index (χ3n) is 7.36. The average molecular weight is 559 g/mol. The minimum atomic E-state index is -4.51. The first-order valence-electron chi connectivity index (χ1n) is 12.6. The summed E-state index contributed by atoms with van der Waals surface area (Å²) >= 11 is 12.0. The van der Waals surface area contributed by atoms with Gasteiger partial charge in [-0.05, 0) is 74.9 Å². The van der Waals surface area contributed by atoms with E-state index in [1.54, 1.807) is 12.1 Å². The zero-order valence-corrected chi connectivity index (χ0v) is 21.9. The molecule has 10 heteroatoms. The molecule has 2 aromatic carbocycles. The molecule has 2 aliphatic rings. The van der Waals surface area contributed by atoms with E-state index in [4.69, 9.17) is 27.9 Å². The number of rotatable bonds is 8. The number of ether oxygens (including phenoxy) is 1. The predicted octanol–water partition coefficient (Wildman–Crippen LogP) is 6.26. The molecule has 37 heavy (non-hydrogen) atoms. The van der Waals surface area contributed by atoms with E-state index in [1.165, 1.54) is 18.2 Å². The maximum Gasteiger partial charge on any atom is 0.416 e. The van der Waals surface area contributed by atoms with E-state index in [-0.39, 0.29) is 18.1 Å². The highest BCUT2D eigenvalue weighted by molar-refractivity contribution is 6.42. The molecule has 2 fully saturated rings. The number of carbonyl (C=O) groups is 1. The van der Waals surface area contributed by atoms with Crippen LogP contribution in [0.1, 0.15) is 36.8 Å². The Morgan fingerprint density at radius 1 is 1.00 bits per heavy atom. The summed E-state index contributed by atoms with van der Waals surface area (Å²) in [4.78, 5) is 16.2. The first kappa shape index (κ1) is 28.0. The monoisotopic (exact) mass is 558 g/mol. The molecular weight excluding hydrogens is 528 g/mol. The van der Waals surface area contributed by atoms with Crippen LogP contribution in [0.25, 0.3) is 0 Å². The van der Waals surface area contributed by atoms with E-state index in [9.17, 15) is 23.1 Å². The molecule has 5 nitrogen and oxygen atoms in total. The van der Waals surface area contributed by atoms with Gasteiger partial charge in [0, 0.05) is 25.7 Å². The smallest absolute Gasteiger partial charge is 0.416 e. The van der Waals surface area contributed by atoms with E-state index in [1.807, 2.05) is 11.0 Å². The van der Waals surface area contributed by atoms with Crippen molar-refractivity contribution in [3.05, 3.63) is 63.6 Å². The van der Waals surface area contributed by atoms with Gasteiger partial charge in [-0.15, -0.1) is 0 Å². The van der Waals surface area contributed by atoms with E-state index in [2.05, 4.69) is 4.90 Å². The molecule has 2 heterocycles. The van der Waals surface area contributed by atoms with Gasteiger partial charge in [-0.1, -0.05) is 41.4 Å². The van der Waals surface area contributed by atoms with Crippen LogP contribution < -0.4 is 4.74 Å². The lowest BCUT2D eigenvalue weighted by Crippen LogP contribution is -2.49. The lowest BCUT2D eigenvalue weighted by atomic mass is 9.92. The molecule has 0 bridgehead atoms. The number of halogens is 5. The molecule has 202 valence electrons. The molecule has 2 aliphatic heterocycles. The number of alkyl halides is 3. The van der Waals surface area contributed by atoms with Gasteiger partial charge in [0.15, 0.2) is 0 Å². The van der Waals surface area contributed by atoms with Crippen molar-refractivity contribution >= 4 is 29.2 Å². The largest absolute Gasteiger partial charge is 0.490 e. The number of benzene rings is 2. The van der Waals surface area contributed by atoms with E-state index < -0.39 is 23.8 Å². The molecule has 0 radical (unpaired) electrons. The van der Waals surface area contributed by atoms with Gasteiger partial charge in [-0.25, -0.2) is 0 Å². The van der Waals surface area contributed by atoms with Crippen molar-refractivity contribution in [3.63, 3.8) is 0 Å². The second-order valence-corrected chi connectivity index (χ2v) is 10.7. The molecule has 0 saturated carbocycles. The summed E-state index contributed by atoms with van der Waals surface area (Å²) in [6.45, 7) is 3.89. The average Bonchev–Trinajstić information content (AvgIpc) is 2.86. The van der Waals surface area contributed by atoms with Crippen molar-refractivity contribution in [1.29, 1.82) is 0 Å². The molecule has 1 atom stereocenters. The van der Waals surface area contributed by atoms with Crippen LogP contribution in [0.15, 0.2) is 42.5 Å². The Labute approximate surface area is 225 Å². The predicted molar refractivity (Wildman–Crippen MR) is 137 cm³/mol. The second kappa shape index (κ2) is 12.2. The summed E-state index contributed by atoms with van der Waals surface area (Å²) in [5.41, 5.74) is -0.738. The molecule has 0 aromatic heterocycles. The number of aliphatic carboxylic acids is 1. The lowest BCUT2D eigenvalue weighted by molar-refractivity contribution is -0.145. The molecule has 2 saturated heterocycles. The number of carboxylic acid groups (broad SMARTS) is 1. The molecule has 0 spiro atoms. The summed E-state index contributed by atoms with van der Waals surface area (Å²) in [6.07, 6.45) is -1.10.